The molecule has 1 saturated heterocycles. The lowest BCUT2D eigenvalue weighted by atomic mass is 9.97. The Morgan fingerprint density at radius 2 is 2.24 bits per heavy atom. The molecule has 2 rings (SSSR count). The van der Waals surface area contributed by atoms with Gasteiger partial charge in [0.15, 0.2) is 0 Å². The lowest BCUT2D eigenvalue weighted by molar-refractivity contribution is -0.385. The first-order chi connectivity index (χ1) is 10.1. The summed E-state index contributed by atoms with van der Waals surface area (Å²) in [4.78, 5) is 25.4. The van der Waals surface area contributed by atoms with Gasteiger partial charge in [0.25, 0.3) is 11.6 Å². The van der Waals surface area contributed by atoms with E-state index < -0.39 is 4.92 Å². The highest BCUT2D eigenvalue weighted by atomic mass is 79.9. The van der Waals surface area contributed by atoms with Crippen molar-refractivity contribution in [2.75, 3.05) is 11.9 Å². The van der Waals surface area contributed by atoms with Crippen molar-refractivity contribution in [2.45, 2.75) is 38.6 Å². The maximum absolute atomic E-state index is 12.8. The third-order valence-electron chi connectivity index (χ3n) is 3.99. The number of nitrogens with zero attached hydrogens (tertiary/aromatic N) is 2. The van der Waals surface area contributed by atoms with Crippen molar-refractivity contribution in [3.05, 3.63) is 39.4 Å². The van der Waals surface area contributed by atoms with Crippen LogP contribution in [-0.4, -0.2) is 33.6 Å². The van der Waals surface area contributed by atoms with Crippen LogP contribution >= 0.6 is 15.9 Å². The van der Waals surface area contributed by atoms with Gasteiger partial charge in [-0.3, -0.25) is 14.9 Å². The van der Waals surface area contributed by atoms with E-state index in [0.717, 1.165) is 31.0 Å². The van der Waals surface area contributed by atoms with E-state index in [1.165, 1.54) is 6.07 Å². The third kappa shape index (κ3) is 3.43. The van der Waals surface area contributed by atoms with Crippen LogP contribution < -0.4 is 0 Å². The van der Waals surface area contributed by atoms with E-state index in [1.807, 2.05) is 4.90 Å². The standard InChI is InChI=1S/C15H19BrN2O3/c1-11-5-4-7-13(18(20)21)14(11)15(19)17-10-3-2-6-12(17)8-9-16/h4-5,7,12H,2-3,6,8-10H2,1H3. The number of hydrogen-bond acceptors (Lipinski definition) is 3. The molecule has 1 atom stereocenters. The fraction of sp³-hybridized carbons (Fsp3) is 0.533. The number of halogens is 1. The molecule has 5 nitrogen and oxygen atoms in total. The summed E-state index contributed by atoms with van der Waals surface area (Å²) in [6.45, 7) is 2.44. The van der Waals surface area contributed by atoms with Crippen molar-refractivity contribution in [3.8, 4) is 0 Å². The number of rotatable bonds is 4. The molecular weight excluding hydrogens is 336 g/mol. The van der Waals surface area contributed by atoms with Gasteiger partial charge in [-0.25, -0.2) is 0 Å². The largest absolute Gasteiger partial charge is 0.335 e. The summed E-state index contributed by atoms with van der Waals surface area (Å²) in [5, 5.41) is 12.0. The highest BCUT2D eigenvalue weighted by Crippen LogP contribution is 2.28. The molecular formula is C15H19BrN2O3. The average Bonchev–Trinajstić information content (AvgIpc) is 2.47. The monoisotopic (exact) mass is 354 g/mol. The fourth-order valence-corrected chi connectivity index (χ4v) is 3.45. The molecule has 0 aromatic heterocycles. The van der Waals surface area contributed by atoms with Gasteiger partial charge in [-0.2, -0.15) is 0 Å². The van der Waals surface area contributed by atoms with Crippen LogP contribution in [0.2, 0.25) is 0 Å². The molecule has 1 aliphatic heterocycles. The summed E-state index contributed by atoms with van der Waals surface area (Å²) < 4.78 is 0. The summed E-state index contributed by atoms with van der Waals surface area (Å²) >= 11 is 3.42. The number of amides is 1. The highest BCUT2D eigenvalue weighted by Gasteiger charge is 2.31. The SMILES string of the molecule is Cc1cccc([N+](=O)[O-])c1C(=O)N1CCCCC1CCBr. The fourth-order valence-electron chi connectivity index (χ4n) is 2.92. The van der Waals surface area contributed by atoms with Crippen LogP contribution in [0.3, 0.4) is 0 Å². The second kappa shape index (κ2) is 7.02. The first kappa shape index (κ1) is 15.9. The second-order valence-corrected chi connectivity index (χ2v) is 6.14. The van der Waals surface area contributed by atoms with E-state index >= 15 is 0 Å². The first-order valence-electron chi connectivity index (χ1n) is 7.17. The molecule has 1 fully saturated rings. The number of hydrogen-bond donors (Lipinski definition) is 0. The molecule has 0 N–H and O–H groups in total. The lowest BCUT2D eigenvalue weighted by Crippen LogP contribution is -2.44. The van der Waals surface area contributed by atoms with Gasteiger partial charge in [0.05, 0.1) is 4.92 Å². The number of likely N-dealkylation sites (tertiary alicyclic amines) is 1. The zero-order valence-electron chi connectivity index (χ0n) is 12.0. The van der Waals surface area contributed by atoms with Crippen molar-refractivity contribution in [3.63, 3.8) is 0 Å². The smallest absolute Gasteiger partial charge is 0.282 e. The van der Waals surface area contributed by atoms with E-state index in [1.54, 1.807) is 19.1 Å². The Bertz CT molecular complexity index is 546. The number of carbonyl (C=O) groups excluding carboxylic acids is 1. The molecule has 1 heterocycles. The zero-order chi connectivity index (χ0) is 15.4. The summed E-state index contributed by atoms with van der Waals surface area (Å²) in [7, 11) is 0. The number of alkyl halides is 1. The Hall–Kier alpha value is -1.43. The average molecular weight is 355 g/mol. The van der Waals surface area contributed by atoms with E-state index in [-0.39, 0.29) is 23.2 Å². The normalized spacial score (nSPS) is 18.6. The van der Waals surface area contributed by atoms with Crippen molar-refractivity contribution >= 4 is 27.5 Å². The number of piperidine rings is 1. The molecule has 0 saturated carbocycles. The van der Waals surface area contributed by atoms with Gasteiger partial charge in [0.2, 0.25) is 0 Å². The minimum Gasteiger partial charge on any atom is -0.335 e. The predicted octanol–water partition coefficient (Wildman–Crippen LogP) is 3.68. The minimum absolute atomic E-state index is 0.0943. The maximum Gasteiger partial charge on any atom is 0.282 e. The lowest BCUT2D eigenvalue weighted by Gasteiger charge is -2.35. The number of benzene rings is 1. The van der Waals surface area contributed by atoms with Crippen molar-refractivity contribution < 1.29 is 9.72 Å². The van der Waals surface area contributed by atoms with Gasteiger partial charge >= 0.3 is 0 Å². The Balaban J connectivity index is 2.36. The number of aryl methyl sites for hydroxylation is 1. The van der Waals surface area contributed by atoms with Gasteiger partial charge in [-0.15, -0.1) is 0 Å². The second-order valence-electron chi connectivity index (χ2n) is 5.35. The molecule has 21 heavy (non-hydrogen) atoms. The molecule has 1 aliphatic rings. The molecule has 0 radical (unpaired) electrons. The van der Waals surface area contributed by atoms with E-state index in [0.29, 0.717) is 12.1 Å². The number of nitro groups is 1. The Kier molecular flexibility index (Phi) is 5.33. The van der Waals surface area contributed by atoms with Crippen molar-refractivity contribution in [1.29, 1.82) is 0 Å². The van der Waals surface area contributed by atoms with E-state index in [9.17, 15) is 14.9 Å². The quantitative estimate of drug-likeness (QED) is 0.470. The summed E-state index contributed by atoms with van der Waals surface area (Å²) in [6, 6.07) is 4.95. The Labute approximate surface area is 132 Å². The zero-order valence-corrected chi connectivity index (χ0v) is 13.6. The molecule has 0 bridgehead atoms. The van der Waals surface area contributed by atoms with Gasteiger partial charge < -0.3 is 4.90 Å². The van der Waals surface area contributed by atoms with Gasteiger partial charge in [0, 0.05) is 24.0 Å². The van der Waals surface area contributed by atoms with Gasteiger partial charge in [-0.05, 0) is 38.2 Å². The summed E-state index contributed by atoms with van der Waals surface area (Å²) in [6.07, 6.45) is 3.92. The number of carbonyl (C=O) groups is 1. The highest BCUT2D eigenvalue weighted by molar-refractivity contribution is 9.09. The van der Waals surface area contributed by atoms with Crippen LogP contribution in [0, 0.1) is 17.0 Å². The van der Waals surface area contributed by atoms with Crippen LogP contribution in [0.4, 0.5) is 5.69 Å². The van der Waals surface area contributed by atoms with E-state index in [4.69, 9.17) is 0 Å². The van der Waals surface area contributed by atoms with E-state index in [2.05, 4.69) is 15.9 Å². The Morgan fingerprint density at radius 3 is 2.90 bits per heavy atom. The molecule has 1 aromatic carbocycles. The first-order valence-corrected chi connectivity index (χ1v) is 8.29. The van der Waals surface area contributed by atoms with Crippen molar-refractivity contribution in [1.82, 2.24) is 4.90 Å². The molecule has 1 unspecified atom stereocenters. The van der Waals surface area contributed by atoms with Crippen LogP contribution in [-0.2, 0) is 0 Å². The molecule has 1 aromatic rings. The molecule has 114 valence electrons. The summed E-state index contributed by atoms with van der Waals surface area (Å²) in [5.74, 6) is -0.203. The molecule has 0 aliphatic carbocycles. The van der Waals surface area contributed by atoms with Crippen LogP contribution in [0.5, 0.6) is 0 Å². The summed E-state index contributed by atoms with van der Waals surface area (Å²) in [5.41, 5.74) is 0.810. The van der Waals surface area contributed by atoms with Crippen LogP contribution in [0.15, 0.2) is 18.2 Å². The van der Waals surface area contributed by atoms with Crippen LogP contribution in [0.1, 0.15) is 41.6 Å². The molecule has 1 amide bonds. The molecule has 0 spiro atoms. The predicted molar refractivity (Wildman–Crippen MR) is 84.9 cm³/mol. The van der Waals surface area contributed by atoms with Gasteiger partial charge in [-0.1, -0.05) is 28.1 Å². The van der Waals surface area contributed by atoms with Crippen LogP contribution in [0.25, 0.3) is 0 Å². The number of nitro benzene ring substituents is 1. The van der Waals surface area contributed by atoms with Crippen molar-refractivity contribution in [2.24, 2.45) is 0 Å². The molecule has 6 heteroatoms. The third-order valence-corrected chi connectivity index (χ3v) is 4.45. The van der Waals surface area contributed by atoms with Gasteiger partial charge in [0.1, 0.15) is 5.56 Å². The minimum atomic E-state index is -0.469. The Morgan fingerprint density at radius 1 is 1.48 bits per heavy atom. The topological polar surface area (TPSA) is 63.5 Å². The maximum atomic E-state index is 12.8.